The van der Waals surface area contributed by atoms with Crippen LogP contribution in [0.2, 0.25) is 25.7 Å². The minimum atomic E-state index is -1.40. The second kappa shape index (κ2) is 9.69. The lowest BCUT2D eigenvalue weighted by Crippen LogP contribution is -2.49. The molecular weight excluding hydrogens is 471 g/mol. The van der Waals surface area contributed by atoms with Crippen molar-refractivity contribution in [1.82, 2.24) is 20.1 Å². The van der Waals surface area contributed by atoms with E-state index in [1.54, 1.807) is 11.0 Å². The lowest BCUT2D eigenvalue weighted by atomic mass is 9.89. The standard InChI is InChI=1S/C24H33FN4O5Si/c1-33-20-11-16(17(25)14-26-20)21(34-9-10-35(2,3)4)18-12-19(28-27-18)22(30)29-8-5-15(23(31)32)13-24(29)6-7-24/h11-12,14-15,21H,5-10,13H2,1-4H3,(H,27,28)(H,31,32). The first-order chi connectivity index (χ1) is 16.5. The molecule has 1 amide bonds. The number of nitrogens with zero attached hydrogens (tertiary/aromatic N) is 3. The third-order valence-electron chi connectivity index (χ3n) is 6.91. The number of H-pyrrole nitrogens is 1. The van der Waals surface area contributed by atoms with E-state index in [1.807, 2.05) is 0 Å². The highest BCUT2D eigenvalue weighted by atomic mass is 28.3. The summed E-state index contributed by atoms with van der Waals surface area (Å²) in [5, 5.41) is 16.5. The average molecular weight is 505 g/mol. The van der Waals surface area contributed by atoms with Crippen molar-refractivity contribution in [3.05, 3.63) is 41.1 Å². The number of carboxylic acid groups (broad SMARTS) is 1. The molecule has 0 radical (unpaired) electrons. The molecule has 0 aromatic carbocycles. The van der Waals surface area contributed by atoms with E-state index in [0.29, 0.717) is 31.7 Å². The van der Waals surface area contributed by atoms with Crippen LogP contribution in [0.15, 0.2) is 18.3 Å². The van der Waals surface area contributed by atoms with Crippen LogP contribution in [0.25, 0.3) is 0 Å². The number of aromatic amines is 1. The van der Waals surface area contributed by atoms with Crippen LogP contribution >= 0.6 is 0 Å². The number of rotatable bonds is 9. The Hall–Kier alpha value is -2.79. The number of carbonyl (C=O) groups excluding carboxylic acids is 1. The smallest absolute Gasteiger partial charge is 0.306 e. The van der Waals surface area contributed by atoms with Gasteiger partial charge in [-0.05, 0) is 37.8 Å². The molecule has 2 aromatic rings. The Morgan fingerprint density at radius 3 is 2.71 bits per heavy atom. The number of aromatic nitrogens is 3. The van der Waals surface area contributed by atoms with Crippen LogP contribution in [-0.2, 0) is 9.53 Å². The molecule has 2 atom stereocenters. The number of ether oxygens (including phenoxy) is 2. The zero-order valence-electron chi connectivity index (χ0n) is 20.6. The van der Waals surface area contributed by atoms with Gasteiger partial charge in [0.25, 0.3) is 5.91 Å². The molecule has 1 saturated heterocycles. The van der Waals surface area contributed by atoms with Crippen molar-refractivity contribution in [1.29, 1.82) is 0 Å². The number of aliphatic carboxylic acids is 1. The fourth-order valence-corrected chi connectivity index (χ4v) is 5.36. The molecule has 2 unspecified atom stereocenters. The fourth-order valence-electron chi connectivity index (χ4n) is 4.63. The van der Waals surface area contributed by atoms with E-state index in [0.717, 1.165) is 25.1 Å². The number of halogens is 1. The summed E-state index contributed by atoms with van der Waals surface area (Å²) in [4.78, 5) is 30.5. The predicted octanol–water partition coefficient (Wildman–Crippen LogP) is 3.87. The normalized spacial score (nSPS) is 20.0. The van der Waals surface area contributed by atoms with Gasteiger partial charge in [-0.3, -0.25) is 14.7 Å². The quantitative estimate of drug-likeness (QED) is 0.498. The van der Waals surface area contributed by atoms with Gasteiger partial charge in [0.15, 0.2) is 5.69 Å². The van der Waals surface area contributed by atoms with E-state index in [1.165, 1.54) is 13.2 Å². The summed E-state index contributed by atoms with van der Waals surface area (Å²) in [6.45, 7) is 7.50. The van der Waals surface area contributed by atoms with Crippen molar-refractivity contribution in [2.24, 2.45) is 5.92 Å². The molecule has 0 bridgehead atoms. The van der Waals surface area contributed by atoms with Crippen LogP contribution in [0, 0.1) is 11.7 Å². The summed E-state index contributed by atoms with van der Waals surface area (Å²) >= 11 is 0. The topological polar surface area (TPSA) is 118 Å². The molecule has 9 nitrogen and oxygen atoms in total. The van der Waals surface area contributed by atoms with E-state index in [4.69, 9.17) is 9.47 Å². The van der Waals surface area contributed by atoms with E-state index >= 15 is 0 Å². The van der Waals surface area contributed by atoms with Crippen molar-refractivity contribution in [2.75, 3.05) is 20.3 Å². The van der Waals surface area contributed by atoms with Crippen LogP contribution in [0.4, 0.5) is 4.39 Å². The molecular formula is C24H33FN4O5Si. The van der Waals surface area contributed by atoms with Gasteiger partial charge in [0.2, 0.25) is 5.88 Å². The molecule has 35 heavy (non-hydrogen) atoms. The number of piperidine rings is 1. The Morgan fingerprint density at radius 2 is 2.09 bits per heavy atom. The fraction of sp³-hybridized carbons (Fsp3) is 0.583. The first kappa shape index (κ1) is 25.3. The number of carboxylic acids is 1. The number of methoxy groups -OCH3 is 1. The third-order valence-corrected chi connectivity index (χ3v) is 8.61. The number of hydrogen-bond donors (Lipinski definition) is 2. The Bertz CT molecular complexity index is 1100. The minimum Gasteiger partial charge on any atom is -0.481 e. The molecule has 1 spiro atoms. The average Bonchev–Trinajstić information content (AvgIpc) is 3.38. The molecule has 2 fully saturated rings. The summed E-state index contributed by atoms with van der Waals surface area (Å²) in [5.41, 5.74) is 0.521. The Morgan fingerprint density at radius 1 is 1.34 bits per heavy atom. The van der Waals surface area contributed by atoms with Gasteiger partial charge in [-0.25, -0.2) is 9.37 Å². The highest BCUT2D eigenvalue weighted by molar-refractivity contribution is 6.76. The number of likely N-dealkylation sites (tertiary alicyclic amines) is 1. The van der Waals surface area contributed by atoms with Gasteiger partial charge in [0, 0.05) is 38.4 Å². The van der Waals surface area contributed by atoms with Crippen molar-refractivity contribution in [2.45, 2.75) is 63.0 Å². The molecule has 2 aromatic heterocycles. The number of amides is 1. The summed E-state index contributed by atoms with van der Waals surface area (Å²) in [7, 11) is 0.0579. The summed E-state index contributed by atoms with van der Waals surface area (Å²) in [5.74, 6) is -1.77. The van der Waals surface area contributed by atoms with Gasteiger partial charge in [-0.15, -0.1) is 0 Å². The van der Waals surface area contributed by atoms with Crippen LogP contribution in [0.3, 0.4) is 0 Å². The Kier molecular flexibility index (Phi) is 7.01. The Labute approximate surface area is 205 Å². The van der Waals surface area contributed by atoms with Crippen LogP contribution in [0.1, 0.15) is 53.5 Å². The third kappa shape index (κ3) is 5.56. The van der Waals surface area contributed by atoms with Gasteiger partial charge < -0.3 is 19.5 Å². The SMILES string of the molecule is COc1cc(C(OCC[Si](C)(C)C)c2cc(C(=O)N3CCC(C(=O)O)CC34CC4)n[nH]2)c(F)cn1. The molecule has 2 aliphatic rings. The van der Waals surface area contributed by atoms with Gasteiger partial charge in [-0.2, -0.15) is 5.10 Å². The molecule has 2 N–H and O–H groups in total. The first-order valence-electron chi connectivity index (χ1n) is 11.9. The summed E-state index contributed by atoms with van der Waals surface area (Å²) < 4.78 is 26.2. The minimum absolute atomic E-state index is 0.209. The number of nitrogens with one attached hydrogen (secondary N) is 1. The van der Waals surface area contributed by atoms with Crippen LogP contribution in [0.5, 0.6) is 5.88 Å². The predicted molar refractivity (Wildman–Crippen MR) is 129 cm³/mol. The lowest BCUT2D eigenvalue weighted by molar-refractivity contribution is -0.144. The molecule has 3 heterocycles. The molecule has 1 aliphatic heterocycles. The zero-order valence-corrected chi connectivity index (χ0v) is 21.6. The molecule has 1 saturated carbocycles. The van der Waals surface area contributed by atoms with Crippen LogP contribution < -0.4 is 4.74 Å². The Balaban J connectivity index is 1.58. The van der Waals surface area contributed by atoms with Crippen molar-refractivity contribution in [3.8, 4) is 5.88 Å². The first-order valence-corrected chi connectivity index (χ1v) is 15.6. The molecule has 4 rings (SSSR count). The number of hydrogen-bond acceptors (Lipinski definition) is 6. The number of carbonyl (C=O) groups is 2. The largest absolute Gasteiger partial charge is 0.481 e. The van der Waals surface area contributed by atoms with Crippen molar-refractivity contribution < 1.29 is 28.6 Å². The van der Waals surface area contributed by atoms with Gasteiger partial charge >= 0.3 is 5.97 Å². The maximum Gasteiger partial charge on any atom is 0.306 e. The van der Waals surface area contributed by atoms with Crippen molar-refractivity contribution >= 4 is 20.0 Å². The summed E-state index contributed by atoms with van der Waals surface area (Å²) in [6, 6.07) is 3.98. The lowest BCUT2D eigenvalue weighted by Gasteiger charge is -2.38. The molecule has 11 heteroatoms. The van der Waals surface area contributed by atoms with Crippen LogP contribution in [-0.4, -0.2) is 70.9 Å². The second-order valence-corrected chi connectivity index (χ2v) is 16.3. The maximum atomic E-state index is 14.8. The number of pyridine rings is 1. The highest BCUT2D eigenvalue weighted by Gasteiger charge is 2.54. The van der Waals surface area contributed by atoms with E-state index in [-0.39, 0.29) is 23.0 Å². The van der Waals surface area contributed by atoms with Gasteiger partial charge in [0.05, 0.1) is 24.9 Å². The van der Waals surface area contributed by atoms with E-state index < -0.39 is 37.4 Å². The van der Waals surface area contributed by atoms with Gasteiger partial charge in [-0.1, -0.05) is 19.6 Å². The zero-order chi connectivity index (χ0) is 25.4. The van der Waals surface area contributed by atoms with Crippen molar-refractivity contribution in [3.63, 3.8) is 0 Å². The maximum absolute atomic E-state index is 14.8. The molecule has 190 valence electrons. The monoisotopic (exact) mass is 504 g/mol. The van der Waals surface area contributed by atoms with E-state index in [2.05, 4.69) is 34.8 Å². The molecule has 1 aliphatic carbocycles. The second-order valence-electron chi connectivity index (χ2n) is 10.7. The summed E-state index contributed by atoms with van der Waals surface area (Å²) in [6.07, 6.45) is 2.76. The highest BCUT2D eigenvalue weighted by Crippen LogP contribution is 2.50. The van der Waals surface area contributed by atoms with E-state index in [9.17, 15) is 19.1 Å². The van der Waals surface area contributed by atoms with Gasteiger partial charge in [0.1, 0.15) is 11.9 Å².